The van der Waals surface area contributed by atoms with Crippen molar-refractivity contribution < 1.29 is 82.5 Å². The molecule has 3 saturated heterocycles. The van der Waals surface area contributed by atoms with Crippen LogP contribution in [0.3, 0.4) is 0 Å². The normalized spacial score (nSPS) is 24.3. The Kier molecular flexibility index (Phi) is 11.1. The van der Waals surface area contributed by atoms with Gasteiger partial charge < -0.3 is 54.6 Å². The number of nitrogen functional groups attached to an aromatic ring is 1. The number of carboxylic acids is 1. The maximum absolute atomic E-state index is 13.5. The molecule has 4 aliphatic heterocycles. The maximum atomic E-state index is 13.5. The molecule has 0 saturated carbocycles. The number of likely N-dealkylation sites (tertiary alicyclic amines) is 2. The first kappa shape index (κ1) is 37.0. The van der Waals surface area contributed by atoms with Crippen LogP contribution in [0.4, 0.5) is 9.93 Å². The van der Waals surface area contributed by atoms with Crippen LogP contribution in [0.5, 0.6) is 0 Å². The van der Waals surface area contributed by atoms with Gasteiger partial charge in [0.1, 0.15) is 11.4 Å². The fraction of sp³-hybridized carbons (Fsp3) is 0.444. The van der Waals surface area contributed by atoms with Crippen LogP contribution in [0.15, 0.2) is 41.7 Å². The van der Waals surface area contributed by atoms with Crippen molar-refractivity contribution in [3.63, 3.8) is 0 Å². The summed E-state index contributed by atoms with van der Waals surface area (Å²) in [4.78, 5) is 83.3. The minimum Gasteiger partial charge on any atom is -0.543 e. The number of fused-ring (bicyclic) bond motifs is 1. The quantitative estimate of drug-likeness (QED) is 0.0465. The molecule has 23 heteroatoms. The molecular formula is C27H27N8NaO12S2. The molecule has 0 aliphatic carbocycles. The summed E-state index contributed by atoms with van der Waals surface area (Å²) in [7, 11) is 0. The van der Waals surface area contributed by atoms with Crippen LogP contribution >= 0.6 is 23.3 Å². The van der Waals surface area contributed by atoms with Gasteiger partial charge in [0.15, 0.2) is 23.3 Å². The van der Waals surface area contributed by atoms with E-state index in [9.17, 15) is 44.2 Å². The van der Waals surface area contributed by atoms with Crippen LogP contribution in [-0.2, 0) is 30.5 Å². The first-order valence-electron chi connectivity index (χ1n) is 14.6. The molecule has 0 aromatic carbocycles. The number of aryl methyl sites for hydroxylation is 1. The molecule has 5 N–H and O–H groups in total. The van der Waals surface area contributed by atoms with Crippen molar-refractivity contribution in [2.24, 2.45) is 5.16 Å². The Morgan fingerprint density at radius 3 is 2.64 bits per heavy atom. The summed E-state index contributed by atoms with van der Waals surface area (Å²) in [5.74, 6) is -4.74. The molecule has 6 heterocycles. The number of carbonyl (C=O) groups is 5. The third-order valence-corrected chi connectivity index (χ3v) is 10.2. The van der Waals surface area contributed by atoms with Gasteiger partial charge in [0.05, 0.1) is 30.4 Å². The van der Waals surface area contributed by atoms with Gasteiger partial charge in [0, 0.05) is 35.9 Å². The van der Waals surface area contributed by atoms with Gasteiger partial charge in [-0.1, -0.05) is 5.16 Å². The minimum absolute atomic E-state index is 0. The van der Waals surface area contributed by atoms with E-state index in [4.69, 9.17) is 19.3 Å². The van der Waals surface area contributed by atoms with Crippen molar-refractivity contribution in [2.75, 3.05) is 31.2 Å². The molecule has 4 aliphatic rings. The molecule has 2 aromatic rings. The average molecular weight is 743 g/mol. The zero-order chi connectivity index (χ0) is 35.1. The fourth-order valence-electron chi connectivity index (χ4n) is 6.03. The van der Waals surface area contributed by atoms with E-state index >= 15 is 0 Å². The van der Waals surface area contributed by atoms with E-state index in [-0.39, 0.29) is 101 Å². The predicted octanol–water partition coefficient (Wildman–Crippen LogP) is -5.51. The Labute approximate surface area is 311 Å². The number of β-lactam (4-membered cyclic amide) rings is 1. The van der Waals surface area contributed by atoms with E-state index in [0.717, 1.165) is 28.2 Å². The second kappa shape index (κ2) is 14.9. The number of anilines is 1. The summed E-state index contributed by atoms with van der Waals surface area (Å²) in [6.07, 6.45) is 1.11. The number of ether oxygens (including phenoxy) is 1. The molecule has 6 rings (SSSR count). The van der Waals surface area contributed by atoms with E-state index in [1.807, 2.05) is 0 Å². The number of nitrogens with one attached hydrogen (secondary N) is 1. The van der Waals surface area contributed by atoms with E-state index in [1.165, 1.54) is 22.8 Å². The summed E-state index contributed by atoms with van der Waals surface area (Å²) in [5.41, 5.74) is 4.93. The van der Waals surface area contributed by atoms with Crippen LogP contribution < -0.4 is 51.5 Å². The van der Waals surface area contributed by atoms with E-state index in [2.05, 4.69) is 19.8 Å². The largest absolute Gasteiger partial charge is 1.00 e. The number of aliphatic carboxylic acids is 1. The van der Waals surface area contributed by atoms with Gasteiger partial charge in [-0.2, -0.15) is 9.36 Å². The van der Waals surface area contributed by atoms with Crippen LogP contribution in [0.2, 0.25) is 0 Å². The summed E-state index contributed by atoms with van der Waals surface area (Å²) in [5, 5.41) is 36.0. The number of rotatable bonds is 9. The second-order valence-electron chi connectivity index (χ2n) is 11.2. The molecule has 4 amide bonds. The van der Waals surface area contributed by atoms with Crippen LogP contribution in [-0.4, -0.2) is 119 Å². The molecule has 0 bridgehead atoms. The number of aromatic nitrogens is 2. The number of aliphatic hydroxyl groups excluding tert-OH is 1. The van der Waals surface area contributed by atoms with Crippen molar-refractivity contribution >= 4 is 63.9 Å². The molecule has 3 fully saturated rings. The van der Waals surface area contributed by atoms with Gasteiger partial charge in [-0.15, -0.1) is 11.8 Å². The number of hydrogen-bond acceptors (Lipinski definition) is 18. The molecule has 4 atom stereocenters. The van der Waals surface area contributed by atoms with Crippen molar-refractivity contribution in [1.29, 1.82) is 0 Å². The number of hydrogen-bond donors (Lipinski definition) is 4. The van der Waals surface area contributed by atoms with Gasteiger partial charge in [-0.05, 0) is 31.4 Å². The molecule has 0 spiro atoms. The average Bonchev–Trinajstić information content (AvgIpc) is 3.85. The number of carboxylic acid groups (broad SMARTS) is 1. The number of nitrogens with two attached hydrogens (primary N) is 1. The Morgan fingerprint density at radius 1 is 1.26 bits per heavy atom. The minimum atomic E-state index is -1.65. The van der Waals surface area contributed by atoms with Gasteiger partial charge in [-0.3, -0.25) is 19.3 Å². The number of aliphatic hydroxyl groups is 1. The number of oxime groups is 1. The van der Waals surface area contributed by atoms with Crippen molar-refractivity contribution in [3.05, 3.63) is 50.9 Å². The van der Waals surface area contributed by atoms with Gasteiger partial charge in [-0.25, -0.2) is 9.59 Å². The van der Waals surface area contributed by atoms with Crippen molar-refractivity contribution in [2.45, 2.75) is 49.9 Å². The summed E-state index contributed by atoms with van der Waals surface area (Å²) < 4.78 is 18.6. The van der Waals surface area contributed by atoms with Crippen molar-refractivity contribution in [3.8, 4) is 0 Å². The molecule has 20 nitrogen and oxygen atoms in total. The first-order chi connectivity index (χ1) is 23.4. The summed E-state index contributed by atoms with van der Waals surface area (Å²) in [6.45, 7) is 1.01. The van der Waals surface area contributed by atoms with Gasteiger partial charge in [0.25, 0.3) is 11.8 Å². The Bertz CT molecular complexity index is 1890. The molecule has 260 valence electrons. The first-order valence-corrected chi connectivity index (χ1v) is 16.4. The van der Waals surface area contributed by atoms with Crippen LogP contribution in [0.1, 0.15) is 30.2 Å². The van der Waals surface area contributed by atoms with E-state index < -0.39 is 77.1 Å². The van der Waals surface area contributed by atoms with Gasteiger partial charge >= 0.3 is 41.5 Å². The number of nitrogens with zero attached hydrogens (tertiary/aromatic N) is 6. The third kappa shape index (κ3) is 6.90. The Hall–Kier alpha value is -4.22. The SMILES string of the molecule is Cc1oc(=O)oc1COC(=O)N1CC(N2CC/C(=C\C3=C(C(=O)[O-])N4C(=O)[C@@H](NC(=O)/C(=N\O)c5nsc(N)n5)[C@H]4SC3)C2=O)CC1CO.[Na+]. The summed E-state index contributed by atoms with van der Waals surface area (Å²) in [6, 6.07) is -2.31. The molecule has 50 heavy (non-hydrogen) atoms. The predicted molar refractivity (Wildman–Crippen MR) is 162 cm³/mol. The number of carbonyl (C=O) groups excluding carboxylic acids is 5. The molecule has 2 unspecified atom stereocenters. The number of thioether (sulfide) groups is 1. The monoisotopic (exact) mass is 742 g/mol. The smallest absolute Gasteiger partial charge is 0.543 e. The van der Waals surface area contributed by atoms with Crippen LogP contribution in [0, 0.1) is 6.92 Å². The summed E-state index contributed by atoms with van der Waals surface area (Å²) >= 11 is 1.90. The van der Waals surface area contributed by atoms with E-state index in [0.29, 0.717) is 0 Å². The van der Waals surface area contributed by atoms with Gasteiger partial charge in [0.2, 0.25) is 17.4 Å². The molecule has 2 aromatic heterocycles. The maximum Gasteiger partial charge on any atom is 1.00 e. The van der Waals surface area contributed by atoms with Crippen LogP contribution in [0.25, 0.3) is 0 Å². The molecule has 0 radical (unpaired) electrons. The zero-order valence-electron chi connectivity index (χ0n) is 26.4. The van der Waals surface area contributed by atoms with E-state index in [1.54, 1.807) is 0 Å². The zero-order valence-corrected chi connectivity index (χ0v) is 30.0. The number of amides is 4. The Balaban J connectivity index is 0.00000486. The third-order valence-electron chi connectivity index (χ3n) is 8.39. The topological polar surface area (TPSA) is 287 Å². The number of allylic oxidation sites excluding steroid dienone is 1. The molecular weight excluding hydrogens is 715 g/mol. The Morgan fingerprint density at radius 2 is 2.02 bits per heavy atom. The fourth-order valence-corrected chi connectivity index (χ4v) is 7.77. The van der Waals surface area contributed by atoms with Crippen molar-refractivity contribution in [1.82, 2.24) is 29.4 Å². The second-order valence-corrected chi connectivity index (χ2v) is 13.1. The standard InChI is InChI=1S/C27H28N8O12S2.Na/c1-10-15(47-27(43)46-10)8-45-26(42)34-6-13(5-14(34)7-36)33-3-2-11(21(33)38)4-12-9-48-23-17(22(39)35(23)18(12)24(40)41)29-20(37)16(31-44)19-30-25(28)49-32-19;/h4,13-14,17,23,36,44H,2-3,5-9H2,1H3,(H,29,37)(H,40,41)(H2,28,30,32);/q;+1/p-1/b11-4+,31-16-;/t13?,14?,17-,23-;/m1./s1.